The summed E-state index contributed by atoms with van der Waals surface area (Å²) in [5, 5.41) is 8.98. The Kier molecular flexibility index (Phi) is 7.22. The number of benzene rings is 2. The number of amides is 3. The van der Waals surface area contributed by atoms with E-state index in [1.54, 1.807) is 0 Å². The molecule has 1 spiro atoms. The summed E-state index contributed by atoms with van der Waals surface area (Å²) in [6.45, 7) is 3.60. The topological polar surface area (TPSA) is 64.1 Å². The highest BCUT2D eigenvalue weighted by Crippen LogP contribution is 2.39. The molecule has 0 bridgehead atoms. The molecule has 0 aliphatic carbocycles. The zero-order valence-electron chi connectivity index (χ0n) is 18.7. The molecule has 0 radical (unpaired) electrons. The first-order valence-corrected chi connectivity index (χ1v) is 11.7. The van der Waals surface area contributed by atoms with Gasteiger partial charge < -0.3 is 14.9 Å². The van der Waals surface area contributed by atoms with Gasteiger partial charge in [-0.1, -0.05) is 60.7 Å². The first kappa shape index (κ1) is 22.5. The second-order valence-corrected chi connectivity index (χ2v) is 8.89. The van der Waals surface area contributed by atoms with Gasteiger partial charge in [-0.05, 0) is 49.8 Å². The number of carbonyl (C=O) groups excluding carboxylic acids is 2. The number of carbonyl (C=O) groups is 2. The summed E-state index contributed by atoms with van der Waals surface area (Å²) < 4.78 is 0. The van der Waals surface area contributed by atoms with E-state index in [9.17, 15) is 9.59 Å². The summed E-state index contributed by atoms with van der Waals surface area (Å²) in [6.07, 6.45) is 4.23. The third-order valence-electron chi connectivity index (χ3n) is 6.80. The molecule has 2 aromatic carbocycles. The van der Waals surface area contributed by atoms with Crippen LogP contribution in [0.3, 0.4) is 0 Å². The van der Waals surface area contributed by atoms with Crippen LogP contribution in [0.25, 0.3) is 0 Å². The molecule has 0 aromatic heterocycles. The quantitative estimate of drug-likeness (QED) is 0.482. The van der Waals surface area contributed by atoms with Gasteiger partial charge >= 0.3 is 6.03 Å². The van der Waals surface area contributed by atoms with E-state index in [1.807, 2.05) is 65.6 Å². The molecule has 6 heteroatoms. The Hall–Kier alpha value is -2.70. The normalized spacial score (nSPS) is 18.7. The van der Waals surface area contributed by atoms with E-state index in [4.69, 9.17) is 5.11 Å². The Labute approximate surface area is 190 Å². The number of imide groups is 1. The molecule has 0 unspecified atom stereocenters. The van der Waals surface area contributed by atoms with Crippen LogP contribution in [-0.2, 0) is 17.9 Å². The van der Waals surface area contributed by atoms with Crippen LogP contribution in [0.15, 0.2) is 60.7 Å². The molecule has 2 heterocycles. The van der Waals surface area contributed by atoms with Crippen molar-refractivity contribution < 1.29 is 14.7 Å². The predicted octanol–water partition coefficient (Wildman–Crippen LogP) is 3.65. The molecule has 0 saturated carbocycles. The van der Waals surface area contributed by atoms with Gasteiger partial charge in [-0.25, -0.2) is 4.79 Å². The monoisotopic (exact) mass is 435 g/mol. The molecule has 2 aliphatic heterocycles. The van der Waals surface area contributed by atoms with Crippen LogP contribution in [0.4, 0.5) is 4.79 Å². The minimum Gasteiger partial charge on any atom is -0.396 e. The lowest BCUT2D eigenvalue weighted by atomic mass is 9.85. The Morgan fingerprint density at radius 3 is 1.97 bits per heavy atom. The molecule has 170 valence electrons. The van der Waals surface area contributed by atoms with Gasteiger partial charge in [0.1, 0.15) is 5.54 Å². The lowest BCUT2D eigenvalue weighted by Gasteiger charge is -2.42. The molecule has 0 atom stereocenters. The van der Waals surface area contributed by atoms with Gasteiger partial charge in [0.15, 0.2) is 0 Å². The molecule has 2 aromatic rings. The highest BCUT2D eigenvalue weighted by Gasteiger charge is 2.57. The molecule has 2 saturated heterocycles. The first-order valence-electron chi connectivity index (χ1n) is 11.7. The summed E-state index contributed by atoms with van der Waals surface area (Å²) in [4.78, 5) is 32.9. The van der Waals surface area contributed by atoms with Gasteiger partial charge in [-0.2, -0.15) is 0 Å². The summed E-state index contributed by atoms with van der Waals surface area (Å²) in [6, 6.07) is 19.5. The van der Waals surface area contributed by atoms with E-state index >= 15 is 0 Å². The van der Waals surface area contributed by atoms with Crippen molar-refractivity contribution in [2.75, 3.05) is 26.2 Å². The molecule has 1 N–H and O–H groups in total. The van der Waals surface area contributed by atoms with Crippen LogP contribution in [0, 0.1) is 0 Å². The molecular formula is C26H33N3O3. The SMILES string of the molecule is O=C1N(Cc2ccccc2)C(=O)C2(CCN(CCCCCO)CC2)N1Cc1ccccc1. The maximum atomic E-state index is 13.7. The van der Waals surface area contributed by atoms with E-state index in [-0.39, 0.29) is 18.5 Å². The molecule has 32 heavy (non-hydrogen) atoms. The number of aliphatic hydroxyl groups is 1. The van der Waals surface area contributed by atoms with Crippen molar-refractivity contribution in [3.8, 4) is 0 Å². The fraction of sp³-hybridized carbons (Fsp3) is 0.462. The number of unbranched alkanes of at least 4 members (excludes halogenated alkanes) is 2. The van der Waals surface area contributed by atoms with Crippen molar-refractivity contribution in [2.24, 2.45) is 0 Å². The average molecular weight is 436 g/mol. The van der Waals surface area contributed by atoms with Gasteiger partial charge in [0.05, 0.1) is 6.54 Å². The second kappa shape index (κ2) is 10.3. The van der Waals surface area contributed by atoms with Gasteiger partial charge in [-0.3, -0.25) is 9.69 Å². The number of piperidine rings is 1. The van der Waals surface area contributed by atoms with E-state index in [0.717, 1.165) is 50.0 Å². The van der Waals surface area contributed by atoms with Crippen molar-refractivity contribution >= 4 is 11.9 Å². The van der Waals surface area contributed by atoms with Crippen LogP contribution in [-0.4, -0.2) is 63.5 Å². The predicted molar refractivity (Wildman–Crippen MR) is 124 cm³/mol. The molecule has 6 nitrogen and oxygen atoms in total. The van der Waals surface area contributed by atoms with Crippen LogP contribution in [0.5, 0.6) is 0 Å². The van der Waals surface area contributed by atoms with Gasteiger partial charge in [0, 0.05) is 26.2 Å². The number of hydrogen-bond donors (Lipinski definition) is 1. The van der Waals surface area contributed by atoms with Crippen LogP contribution in [0.1, 0.15) is 43.2 Å². The number of hydrogen-bond acceptors (Lipinski definition) is 4. The van der Waals surface area contributed by atoms with Gasteiger partial charge in [0.2, 0.25) is 0 Å². The standard InChI is InChI=1S/C26H33N3O3/c30-19-9-3-8-16-27-17-14-26(15-18-27)24(31)28(20-22-10-4-1-5-11-22)25(32)29(26)21-23-12-6-2-7-13-23/h1-2,4-7,10-13,30H,3,8-9,14-21H2. The molecular weight excluding hydrogens is 402 g/mol. The summed E-state index contributed by atoms with van der Waals surface area (Å²) in [5.41, 5.74) is 1.25. The molecule has 3 amide bonds. The number of rotatable bonds is 9. The van der Waals surface area contributed by atoms with Crippen LogP contribution < -0.4 is 0 Å². The summed E-state index contributed by atoms with van der Waals surface area (Å²) in [7, 11) is 0. The van der Waals surface area contributed by atoms with Crippen molar-refractivity contribution in [1.82, 2.24) is 14.7 Å². The Bertz CT molecular complexity index is 895. The largest absolute Gasteiger partial charge is 0.396 e. The van der Waals surface area contributed by atoms with Gasteiger partial charge in [-0.15, -0.1) is 0 Å². The highest BCUT2D eigenvalue weighted by molar-refractivity contribution is 6.07. The fourth-order valence-electron chi connectivity index (χ4n) is 4.93. The van der Waals surface area contributed by atoms with Gasteiger partial charge in [0.25, 0.3) is 5.91 Å². The zero-order valence-corrected chi connectivity index (χ0v) is 18.7. The number of urea groups is 1. The fourth-order valence-corrected chi connectivity index (χ4v) is 4.93. The van der Waals surface area contributed by atoms with Crippen LogP contribution >= 0.6 is 0 Å². The first-order chi connectivity index (χ1) is 15.6. The van der Waals surface area contributed by atoms with Crippen molar-refractivity contribution in [1.29, 1.82) is 0 Å². The second-order valence-electron chi connectivity index (χ2n) is 8.89. The third-order valence-corrected chi connectivity index (χ3v) is 6.80. The smallest absolute Gasteiger partial charge is 0.328 e. The number of aliphatic hydroxyl groups excluding tert-OH is 1. The Morgan fingerprint density at radius 2 is 1.38 bits per heavy atom. The Morgan fingerprint density at radius 1 is 0.781 bits per heavy atom. The number of nitrogens with zero attached hydrogens (tertiary/aromatic N) is 3. The van der Waals surface area contributed by atoms with E-state index < -0.39 is 5.54 Å². The van der Waals surface area contributed by atoms with Crippen LogP contribution in [0.2, 0.25) is 0 Å². The van der Waals surface area contributed by atoms with E-state index in [2.05, 4.69) is 4.90 Å². The maximum absolute atomic E-state index is 13.7. The minimum absolute atomic E-state index is 0.0535. The van der Waals surface area contributed by atoms with E-state index in [0.29, 0.717) is 25.9 Å². The zero-order chi connectivity index (χ0) is 22.4. The molecule has 2 fully saturated rings. The molecule has 4 rings (SSSR count). The lowest BCUT2D eigenvalue weighted by Crippen LogP contribution is -2.56. The third kappa shape index (κ3) is 4.71. The average Bonchev–Trinajstić information content (AvgIpc) is 3.01. The van der Waals surface area contributed by atoms with Crippen molar-refractivity contribution in [3.63, 3.8) is 0 Å². The van der Waals surface area contributed by atoms with Crippen molar-refractivity contribution in [3.05, 3.63) is 71.8 Å². The highest BCUT2D eigenvalue weighted by atomic mass is 16.3. The van der Waals surface area contributed by atoms with Crippen molar-refractivity contribution in [2.45, 2.75) is 50.7 Å². The summed E-state index contributed by atoms with van der Waals surface area (Å²) in [5.74, 6) is -0.0535. The summed E-state index contributed by atoms with van der Waals surface area (Å²) >= 11 is 0. The number of likely N-dealkylation sites (tertiary alicyclic amines) is 1. The minimum atomic E-state index is -0.761. The molecule has 2 aliphatic rings. The maximum Gasteiger partial charge on any atom is 0.328 e. The van der Waals surface area contributed by atoms with E-state index in [1.165, 1.54) is 4.90 Å². The lowest BCUT2D eigenvalue weighted by molar-refractivity contribution is -0.136. The Balaban J connectivity index is 1.52.